The van der Waals surface area contributed by atoms with E-state index in [1.807, 2.05) is 0 Å². The van der Waals surface area contributed by atoms with Crippen molar-refractivity contribution in [2.24, 2.45) is 5.92 Å². The molecule has 0 aromatic carbocycles. The van der Waals surface area contributed by atoms with Gasteiger partial charge in [-0.25, -0.2) is 0 Å². The lowest BCUT2D eigenvalue weighted by atomic mass is 9.97. The van der Waals surface area contributed by atoms with Gasteiger partial charge in [-0.3, -0.25) is 0 Å². The molecule has 0 amide bonds. The minimum absolute atomic E-state index is 0.194. The van der Waals surface area contributed by atoms with E-state index < -0.39 is 18.1 Å². The van der Waals surface area contributed by atoms with Gasteiger partial charge in [-0.1, -0.05) is 6.42 Å². The van der Waals surface area contributed by atoms with Crippen LogP contribution in [-0.4, -0.2) is 23.2 Å². The van der Waals surface area contributed by atoms with Crippen molar-refractivity contribution in [3.05, 3.63) is 0 Å². The number of rotatable bonds is 2. The maximum absolute atomic E-state index is 10.3. The number of hydrogen-bond donors (Lipinski definition) is 2. The zero-order valence-electron chi connectivity index (χ0n) is 6.32. The monoisotopic (exact) mass is 159 g/mol. The van der Waals surface area contributed by atoms with E-state index in [0.717, 1.165) is 12.8 Å². The maximum Gasteiger partial charge on any atom is 0.130 e. The molecule has 1 saturated carbocycles. The molecule has 1 aliphatic rings. The largest absolute Gasteiger partial charge is 0.544 e. The average molecular weight is 159 g/mol. The van der Waals surface area contributed by atoms with Crippen molar-refractivity contribution >= 4 is 5.97 Å². The molecule has 0 aromatic rings. The lowest BCUT2D eigenvalue weighted by molar-refractivity contribution is -0.450. The van der Waals surface area contributed by atoms with Gasteiger partial charge < -0.3 is 20.7 Å². The summed E-state index contributed by atoms with van der Waals surface area (Å²) >= 11 is 0. The zero-order valence-corrected chi connectivity index (χ0v) is 6.32. The maximum atomic E-state index is 10.3. The SMILES string of the molecule is [NH3+][C@H](C(=O)[O-])[C@H]1CCC[C@H]1O. The van der Waals surface area contributed by atoms with E-state index in [1.54, 1.807) is 0 Å². The topological polar surface area (TPSA) is 88.0 Å². The number of carboxylic acids is 1. The first-order chi connectivity index (χ1) is 5.13. The lowest BCUT2D eigenvalue weighted by Gasteiger charge is -2.19. The Bertz CT molecular complexity index is 160. The van der Waals surface area contributed by atoms with Crippen molar-refractivity contribution in [2.75, 3.05) is 0 Å². The number of carboxylic acid groups (broad SMARTS) is 1. The Balaban J connectivity index is 2.52. The summed E-state index contributed by atoms with van der Waals surface area (Å²) < 4.78 is 0. The Hall–Kier alpha value is -0.610. The highest BCUT2D eigenvalue weighted by molar-refractivity contribution is 5.69. The molecule has 3 atom stereocenters. The third-order valence-corrected chi connectivity index (χ3v) is 2.35. The summed E-state index contributed by atoms with van der Waals surface area (Å²) in [4.78, 5) is 10.3. The number of carbonyl (C=O) groups excluding carboxylic acids is 1. The van der Waals surface area contributed by atoms with Crippen LogP contribution in [0.15, 0.2) is 0 Å². The second-order valence-corrected chi connectivity index (χ2v) is 3.09. The van der Waals surface area contributed by atoms with Gasteiger partial charge in [0.2, 0.25) is 0 Å². The minimum Gasteiger partial charge on any atom is -0.544 e. The zero-order chi connectivity index (χ0) is 8.43. The van der Waals surface area contributed by atoms with E-state index in [0.29, 0.717) is 6.42 Å². The first kappa shape index (κ1) is 8.49. The van der Waals surface area contributed by atoms with Crippen molar-refractivity contribution in [1.29, 1.82) is 0 Å². The van der Waals surface area contributed by atoms with Gasteiger partial charge in [0.15, 0.2) is 0 Å². The van der Waals surface area contributed by atoms with Crippen molar-refractivity contribution < 1.29 is 20.7 Å². The summed E-state index contributed by atoms with van der Waals surface area (Å²) in [6.07, 6.45) is 1.86. The first-order valence-electron chi connectivity index (χ1n) is 3.85. The molecule has 1 fully saturated rings. The molecule has 0 unspecified atom stereocenters. The van der Waals surface area contributed by atoms with Crippen molar-refractivity contribution in [2.45, 2.75) is 31.4 Å². The van der Waals surface area contributed by atoms with Crippen LogP contribution in [0.25, 0.3) is 0 Å². The smallest absolute Gasteiger partial charge is 0.130 e. The summed E-state index contributed by atoms with van der Waals surface area (Å²) in [5.41, 5.74) is 3.45. The molecule has 64 valence electrons. The van der Waals surface area contributed by atoms with Crippen LogP contribution in [0.3, 0.4) is 0 Å². The fourth-order valence-electron chi connectivity index (χ4n) is 1.61. The fraction of sp³-hybridized carbons (Fsp3) is 0.857. The summed E-state index contributed by atoms with van der Waals surface area (Å²) in [5, 5.41) is 19.6. The predicted molar refractivity (Wildman–Crippen MR) is 35.0 cm³/mol. The third kappa shape index (κ3) is 1.70. The third-order valence-electron chi connectivity index (χ3n) is 2.35. The molecule has 4 heteroatoms. The standard InChI is InChI=1S/C7H13NO3/c8-6(7(10)11)4-2-1-3-5(4)9/h4-6,9H,1-3,8H2,(H,10,11)/t4-,5+,6-/m0/s1. The van der Waals surface area contributed by atoms with E-state index in [2.05, 4.69) is 5.73 Å². The summed E-state index contributed by atoms with van der Waals surface area (Å²) in [5.74, 6) is -1.35. The number of aliphatic hydroxyl groups is 1. The molecule has 0 aromatic heterocycles. The number of aliphatic carboxylic acids is 1. The first-order valence-corrected chi connectivity index (χ1v) is 3.85. The van der Waals surface area contributed by atoms with Crippen molar-refractivity contribution in [3.63, 3.8) is 0 Å². The second-order valence-electron chi connectivity index (χ2n) is 3.09. The summed E-state index contributed by atoms with van der Waals surface area (Å²) in [6, 6.07) is -0.757. The second kappa shape index (κ2) is 3.19. The molecule has 0 bridgehead atoms. The lowest BCUT2D eigenvalue weighted by Crippen LogP contribution is -2.72. The number of hydrogen-bond acceptors (Lipinski definition) is 3. The van der Waals surface area contributed by atoms with Crippen LogP contribution in [0.1, 0.15) is 19.3 Å². The Morgan fingerprint density at radius 2 is 2.27 bits per heavy atom. The molecule has 0 heterocycles. The van der Waals surface area contributed by atoms with Gasteiger partial charge in [0.1, 0.15) is 6.04 Å². The molecule has 0 spiro atoms. The molecular formula is C7H13NO3. The highest BCUT2D eigenvalue weighted by Crippen LogP contribution is 2.26. The van der Waals surface area contributed by atoms with Gasteiger partial charge in [-0.2, -0.15) is 0 Å². The summed E-state index contributed by atoms with van der Waals surface area (Å²) in [6.45, 7) is 0. The molecule has 4 N–H and O–H groups in total. The van der Waals surface area contributed by atoms with Crippen LogP contribution >= 0.6 is 0 Å². The van der Waals surface area contributed by atoms with E-state index >= 15 is 0 Å². The van der Waals surface area contributed by atoms with Gasteiger partial charge in [0.25, 0.3) is 0 Å². The van der Waals surface area contributed by atoms with E-state index in [9.17, 15) is 15.0 Å². The molecule has 1 rings (SSSR count). The normalized spacial score (nSPS) is 33.6. The fourth-order valence-corrected chi connectivity index (χ4v) is 1.61. The quantitative estimate of drug-likeness (QED) is 0.467. The van der Waals surface area contributed by atoms with Crippen LogP contribution in [0, 0.1) is 5.92 Å². The van der Waals surface area contributed by atoms with Gasteiger partial charge in [0.05, 0.1) is 12.1 Å². The highest BCUT2D eigenvalue weighted by atomic mass is 16.4. The van der Waals surface area contributed by atoms with Crippen LogP contribution in [0.5, 0.6) is 0 Å². The average Bonchev–Trinajstić information content (AvgIpc) is 2.33. The molecule has 1 aliphatic carbocycles. The minimum atomic E-state index is -1.16. The number of carbonyl (C=O) groups is 1. The Labute approximate surface area is 65.0 Å². The Morgan fingerprint density at radius 1 is 1.64 bits per heavy atom. The van der Waals surface area contributed by atoms with Crippen LogP contribution in [-0.2, 0) is 4.79 Å². The number of quaternary nitrogens is 1. The van der Waals surface area contributed by atoms with Gasteiger partial charge in [-0.15, -0.1) is 0 Å². The number of aliphatic hydroxyl groups excluding tert-OH is 1. The van der Waals surface area contributed by atoms with Crippen LogP contribution in [0.2, 0.25) is 0 Å². The Kier molecular flexibility index (Phi) is 2.46. The predicted octanol–water partition coefficient (Wildman–Crippen LogP) is -2.49. The van der Waals surface area contributed by atoms with E-state index in [4.69, 9.17) is 0 Å². The molecule has 4 nitrogen and oxygen atoms in total. The molecule has 0 saturated heterocycles. The van der Waals surface area contributed by atoms with Gasteiger partial charge in [-0.05, 0) is 12.8 Å². The van der Waals surface area contributed by atoms with Crippen molar-refractivity contribution in [1.82, 2.24) is 0 Å². The Morgan fingerprint density at radius 3 is 2.64 bits per heavy atom. The van der Waals surface area contributed by atoms with E-state index in [-0.39, 0.29) is 5.92 Å². The molecular weight excluding hydrogens is 146 g/mol. The molecule has 11 heavy (non-hydrogen) atoms. The van der Waals surface area contributed by atoms with Crippen LogP contribution < -0.4 is 10.8 Å². The van der Waals surface area contributed by atoms with Crippen LogP contribution in [0.4, 0.5) is 0 Å². The van der Waals surface area contributed by atoms with Crippen molar-refractivity contribution in [3.8, 4) is 0 Å². The molecule has 0 aliphatic heterocycles. The summed E-state index contributed by atoms with van der Waals surface area (Å²) in [7, 11) is 0. The highest BCUT2D eigenvalue weighted by Gasteiger charge is 2.33. The van der Waals surface area contributed by atoms with Gasteiger partial charge in [0, 0.05) is 5.92 Å². The van der Waals surface area contributed by atoms with E-state index in [1.165, 1.54) is 0 Å². The van der Waals surface area contributed by atoms with Gasteiger partial charge >= 0.3 is 0 Å². The molecule has 0 radical (unpaired) electrons.